The van der Waals surface area contributed by atoms with E-state index in [0.29, 0.717) is 11.7 Å². The summed E-state index contributed by atoms with van der Waals surface area (Å²) in [5.74, 6) is 1.30. The Labute approximate surface area is 96.4 Å². The summed E-state index contributed by atoms with van der Waals surface area (Å²) in [7, 11) is 0. The van der Waals surface area contributed by atoms with E-state index in [-0.39, 0.29) is 6.04 Å². The maximum atomic E-state index is 5.69. The topological polar surface area (TPSA) is 52.0 Å². The molecule has 3 nitrogen and oxygen atoms in total. The summed E-state index contributed by atoms with van der Waals surface area (Å²) >= 11 is 3.40. The van der Waals surface area contributed by atoms with Gasteiger partial charge in [-0.1, -0.05) is 22.0 Å². The minimum absolute atomic E-state index is 0.126. The third-order valence-electron chi connectivity index (χ3n) is 2.04. The molecule has 2 aromatic rings. The Balaban J connectivity index is 2.37. The van der Waals surface area contributed by atoms with Gasteiger partial charge in [-0.15, -0.1) is 0 Å². The van der Waals surface area contributed by atoms with Crippen LogP contribution in [0.4, 0.5) is 0 Å². The van der Waals surface area contributed by atoms with Crippen LogP contribution in [0, 0.1) is 0 Å². The molecule has 1 unspecified atom stereocenters. The second-order valence-electron chi connectivity index (χ2n) is 3.37. The van der Waals surface area contributed by atoms with Gasteiger partial charge in [0.05, 0.1) is 12.2 Å². The monoisotopic (exact) mass is 266 g/mol. The molecular formula is C11H11BrN2O. The maximum absolute atomic E-state index is 5.69. The summed E-state index contributed by atoms with van der Waals surface area (Å²) in [6.07, 6.45) is 1.67. The van der Waals surface area contributed by atoms with Gasteiger partial charge in [-0.3, -0.25) is 0 Å². The van der Waals surface area contributed by atoms with Gasteiger partial charge in [0.1, 0.15) is 5.76 Å². The first-order chi connectivity index (χ1) is 7.16. The average molecular weight is 267 g/mol. The third kappa shape index (κ3) is 2.27. The Bertz CT molecular complexity index is 465. The zero-order valence-electron chi connectivity index (χ0n) is 8.27. The highest BCUT2D eigenvalue weighted by Gasteiger charge is 2.09. The predicted molar refractivity (Wildman–Crippen MR) is 62.2 cm³/mol. The quantitative estimate of drug-likeness (QED) is 0.909. The molecule has 0 saturated heterocycles. The van der Waals surface area contributed by atoms with Crippen molar-refractivity contribution in [3.8, 4) is 11.5 Å². The lowest BCUT2D eigenvalue weighted by molar-refractivity contribution is 0.488. The third-order valence-corrected chi connectivity index (χ3v) is 2.54. The van der Waals surface area contributed by atoms with E-state index in [1.54, 1.807) is 6.20 Å². The van der Waals surface area contributed by atoms with E-state index in [2.05, 4.69) is 20.9 Å². The van der Waals surface area contributed by atoms with Crippen molar-refractivity contribution in [3.63, 3.8) is 0 Å². The van der Waals surface area contributed by atoms with Crippen LogP contribution in [0.15, 0.2) is 39.4 Å². The van der Waals surface area contributed by atoms with Gasteiger partial charge in [-0.05, 0) is 25.1 Å². The first kappa shape index (κ1) is 10.4. The number of hydrogen-bond donors (Lipinski definition) is 1. The second-order valence-corrected chi connectivity index (χ2v) is 4.28. The van der Waals surface area contributed by atoms with Crippen LogP contribution in [-0.2, 0) is 0 Å². The lowest BCUT2D eigenvalue weighted by Gasteiger charge is -1.98. The maximum Gasteiger partial charge on any atom is 0.226 e. The van der Waals surface area contributed by atoms with Gasteiger partial charge >= 0.3 is 0 Å². The largest absolute Gasteiger partial charge is 0.440 e. The van der Waals surface area contributed by atoms with E-state index in [1.807, 2.05) is 31.2 Å². The lowest BCUT2D eigenvalue weighted by atomic mass is 10.2. The number of oxazole rings is 1. The van der Waals surface area contributed by atoms with Crippen molar-refractivity contribution in [1.29, 1.82) is 0 Å². The number of hydrogen-bond acceptors (Lipinski definition) is 3. The first-order valence-electron chi connectivity index (χ1n) is 4.64. The van der Waals surface area contributed by atoms with E-state index in [4.69, 9.17) is 10.2 Å². The Morgan fingerprint density at radius 3 is 2.87 bits per heavy atom. The number of aromatic nitrogens is 1. The highest BCUT2D eigenvalue weighted by Crippen LogP contribution is 2.24. The zero-order valence-corrected chi connectivity index (χ0v) is 9.86. The minimum Gasteiger partial charge on any atom is -0.440 e. The van der Waals surface area contributed by atoms with Gasteiger partial charge in [0.2, 0.25) is 5.89 Å². The van der Waals surface area contributed by atoms with E-state index in [1.165, 1.54) is 0 Å². The summed E-state index contributed by atoms with van der Waals surface area (Å²) in [5, 5.41) is 0. The summed E-state index contributed by atoms with van der Waals surface area (Å²) in [4.78, 5) is 4.18. The molecule has 0 radical (unpaired) electrons. The Kier molecular flexibility index (Phi) is 2.88. The van der Waals surface area contributed by atoms with Gasteiger partial charge in [0.25, 0.3) is 0 Å². The molecule has 0 aliphatic carbocycles. The van der Waals surface area contributed by atoms with Crippen LogP contribution in [0.3, 0.4) is 0 Å². The smallest absolute Gasteiger partial charge is 0.226 e. The number of nitrogens with two attached hydrogens (primary N) is 1. The molecule has 78 valence electrons. The fraction of sp³-hybridized carbons (Fsp3) is 0.182. The normalized spacial score (nSPS) is 12.7. The lowest BCUT2D eigenvalue weighted by Crippen LogP contribution is -2.02. The molecule has 0 saturated carbocycles. The standard InChI is InChI=1S/C11H11BrN2O/c1-7(13)10-6-14-11(15-10)8-3-2-4-9(12)5-8/h2-7H,13H2,1H3. The SMILES string of the molecule is CC(N)c1cnc(-c2cccc(Br)c2)o1. The Morgan fingerprint density at radius 1 is 1.47 bits per heavy atom. The van der Waals surface area contributed by atoms with Crippen molar-refractivity contribution in [2.45, 2.75) is 13.0 Å². The molecule has 15 heavy (non-hydrogen) atoms. The summed E-state index contributed by atoms with van der Waals surface area (Å²) in [6.45, 7) is 1.87. The van der Waals surface area contributed by atoms with Crippen molar-refractivity contribution >= 4 is 15.9 Å². The number of rotatable bonds is 2. The zero-order chi connectivity index (χ0) is 10.8. The molecule has 0 aliphatic heterocycles. The molecule has 1 atom stereocenters. The molecule has 0 amide bonds. The van der Waals surface area contributed by atoms with E-state index >= 15 is 0 Å². The van der Waals surface area contributed by atoms with Crippen LogP contribution in [0.1, 0.15) is 18.7 Å². The molecule has 1 aromatic carbocycles. The van der Waals surface area contributed by atoms with Crippen LogP contribution >= 0.6 is 15.9 Å². The summed E-state index contributed by atoms with van der Waals surface area (Å²) < 4.78 is 6.53. The van der Waals surface area contributed by atoms with Gasteiger partial charge in [0.15, 0.2) is 0 Å². The number of nitrogens with zero attached hydrogens (tertiary/aromatic N) is 1. The number of benzene rings is 1. The predicted octanol–water partition coefficient (Wildman–Crippen LogP) is 3.12. The molecule has 1 aromatic heterocycles. The average Bonchev–Trinajstić information content (AvgIpc) is 2.66. The molecule has 4 heteroatoms. The van der Waals surface area contributed by atoms with Gasteiger partial charge < -0.3 is 10.2 Å². The van der Waals surface area contributed by atoms with Crippen LogP contribution in [0.25, 0.3) is 11.5 Å². The Hall–Kier alpha value is -1.13. The van der Waals surface area contributed by atoms with Crippen molar-refractivity contribution in [3.05, 3.63) is 40.7 Å². The van der Waals surface area contributed by atoms with Crippen molar-refractivity contribution < 1.29 is 4.42 Å². The highest BCUT2D eigenvalue weighted by molar-refractivity contribution is 9.10. The van der Waals surface area contributed by atoms with Gasteiger partial charge in [0, 0.05) is 10.0 Å². The molecule has 1 heterocycles. The highest BCUT2D eigenvalue weighted by atomic mass is 79.9. The first-order valence-corrected chi connectivity index (χ1v) is 5.43. The second kappa shape index (κ2) is 4.16. The van der Waals surface area contributed by atoms with Crippen LogP contribution in [0.2, 0.25) is 0 Å². The van der Waals surface area contributed by atoms with Crippen LogP contribution < -0.4 is 5.73 Å². The Morgan fingerprint density at radius 2 is 2.27 bits per heavy atom. The van der Waals surface area contributed by atoms with Crippen molar-refractivity contribution in [2.75, 3.05) is 0 Å². The van der Waals surface area contributed by atoms with E-state index < -0.39 is 0 Å². The molecule has 2 N–H and O–H groups in total. The van der Waals surface area contributed by atoms with E-state index in [9.17, 15) is 0 Å². The van der Waals surface area contributed by atoms with Gasteiger partial charge in [-0.2, -0.15) is 0 Å². The summed E-state index contributed by atoms with van der Waals surface area (Å²) in [6, 6.07) is 7.67. The van der Waals surface area contributed by atoms with E-state index in [0.717, 1.165) is 10.0 Å². The molecular weight excluding hydrogens is 256 g/mol. The molecule has 0 aliphatic rings. The van der Waals surface area contributed by atoms with Crippen molar-refractivity contribution in [1.82, 2.24) is 4.98 Å². The molecule has 2 rings (SSSR count). The van der Waals surface area contributed by atoms with Gasteiger partial charge in [-0.25, -0.2) is 4.98 Å². The molecule has 0 fully saturated rings. The molecule has 0 spiro atoms. The number of halogens is 1. The fourth-order valence-corrected chi connectivity index (χ4v) is 1.65. The molecule has 0 bridgehead atoms. The minimum atomic E-state index is -0.126. The van der Waals surface area contributed by atoms with Crippen molar-refractivity contribution in [2.24, 2.45) is 5.73 Å². The fourth-order valence-electron chi connectivity index (χ4n) is 1.25. The summed E-state index contributed by atoms with van der Waals surface area (Å²) in [5.41, 5.74) is 6.63. The van der Waals surface area contributed by atoms with Crippen LogP contribution in [-0.4, -0.2) is 4.98 Å². The van der Waals surface area contributed by atoms with Crippen LogP contribution in [0.5, 0.6) is 0 Å².